The fraction of sp³-hybridized carbons (Fsp3) is 0.143. The van der Waals surface area contributed by atoms with Crippen molar-refractivity contribution in [2.45, 2.75) is 6.42 Å². The molecule has 1 heterocycles. The summed E-state index contributed by atoms with van der Waals surface area (Å²) in [6.45, 7) is 0. The average molecular weight is 152 g/mol. The van der Waals surface area contributed by atoms with Gasteiger partial charge in [-0.2, -0.15) is 0 Å². The van der Waals surface area contributed by atoms with Gasteiger partial charge in [0.1, 0.15) is 5.82 Å². The molecule has 0 atom stereocenters. The number of carboxylic acids is 1. The van der Waals surface area contributed by atoms with Crippen LogP contribution in [-0.2, 0) is 11.2 Å². The highest BCUT2D eigenvalue weighted by Crippen LogP contribution is 2.06. The molecule has 0 saturated heterocycles. The minimum Gasteiger partial charge on any atom is -0.481 e. The van der Waals surface area contributed by atoms with E-state index < -0.39 is 5.97 Å². The van der Waals surface area contributed by atoms with Gasteiger partial charge >= 0.3 is 5.97 Å². The third kappa shape index (κ3) is 1.93. The van der Waals surface area contributed by atoms with Gasteiger partial charge in [0, 0.05) is 11.8 Å². The van der Waals surface area contributed by atoms with E-state index in [9.17, 15) is 4.79 Å². The Labute approximate surface area is 63.7 Å². The maximum Gasteiger partial charge on any atom is 0.307 e. The molecule has 0 radical (unpaired) electrons. The van der Waals surface area contributed by atoms with E-state index in [-0.39, 0.29) is 12.2 Å². The molecular formula is C7H8N2O2. The summed E-state index contributed by atoms with van der Waals surface area (Å²) >= 11 is 0. The van der Waals surface area contributed by atoms with E-state index in [1.54, 1.807) is 12.1 Å². The number of nitrogens with two attached hydrogens (primary N) is 1. The Hall–Kier alpha value is -1.58. The summed E-state index contributed by atoms with van der Waals surface area (Å²) in [5.41, 5.74) is 5.95. The maximum atomic E-state index is 10.2. The summed E-state index contributed by atoms with van der Waals surface area (Å²) in [4.78, 5) is 14.0. The van der Waals surface area contributed by atoms with Crippen molar-refractivity contribution in [1.82, 2.24) is 4.98 Å². The minimum absolute atomic E-state index is 0.0698. The van der Waals surface area contributed by atoms with E-state index in [2.05, 4.69) is 4.98 Å². The van der Waals surface area contributed by atoms with E-state index in [1.165, 1.54) is 6.20 Å². The SMILES string of the molecule is Nc1ncccc1CC(=O)O. The van der Waals surface area contributed by atoms with E-state index in [4.69, 9.17) is 10.8 Å². The molecule has 0 saturated carbocycles. The van der Waals surface area contributed by atoms with Gasteiger partial charge in [0.25, 0.3) is 0 Å². The van der Waals surface area contributed by atoms with Crippen molar-refractivity contribution in [2.75, 3.05) is 5.73 Å². The van der Waals surface area contributed by atoms with Crippen molar-refractivity contribution in [2.24, 2.45) is 0 Å². The molecule has 1 aromatic heterocycles. The van der Waals surface area contributed by atoms with Crippen LogP contribution in [0.2, 0.25) is 0 Å². The lowest BCUT2D eigenvalue weighted by Gasteiger charge is -1.98. The number of rotatable bonds is 2. The predicted molar refractivity (Wildman–Crippen MR) is 40.0 cm³/mol. The average Bonchev–Trinajstić information content (AvgIpc) is 1.93. The van der Waals surface area contributed by atoms with Crippen molar-refractivity contribution in [3.05, 3.63) is 23.9 Å². The summed E-state index contributed by atoms with van der Waals surface area (Å²) in [5, 5.41) is 8.41. The predicted octanol–water partition coefficient (Wildman–Crippen LogP) is 0.291. The summed E-state index contributed by atoms with van der Waals surface area (Å²) < 4.78 is 0. The molecule has 0 bridgehead atoms. The number of carbonyl (C=O) groups is 1. The maximum absolute atomic E-state index is 10.2. The Morgan fingerprint density at radius 3 is 3.00 bits per heavy atom. The molecule has 0 spiro atoms. The normalized spacial score (nSPS) is 9.45. The second-order valence-corrected chi connectivity index (χ2v) is 2.12. The van der Waals surface area contributed by atoms with Gasteiger partial charge in [-0.1, -0.05) is 6.07 Å². The summed E-state index contributed by atoms with van der Waals surface area (Å²) in [6.07, 6.45) is 1.46. The first-order chi connectivity index (χ1) is 5.20. The lowest BCUT2D eigenvalue weighted by atomic mass is 10.2. The number of anilines is 1. The molecule has 0 fully saturated rings. The zero-order chi connectivity index (χ0) is 8.27. The highest BCUT2D eigenvalue weighted by atomic mass is 16.4. The smallest absolute Gasteiger partial charge is 0.307 e. The lowest BCUT2D eigenvalue weighted by Crippen LogP contribution is -2.04. The molecule has 4 heteroatoms. The first kappa shape index (κ1) is 7.53. The van der Waals surface area contributed by atoms with Crippen molar-refractivity contribution < 1.29 is 9.90 Å². The molecule has 58 valence electrons. The number of aliphatic carboxylic acids is 1. The topological polar surface area (TPSA) is 76.2 Å². The Kier molecular flexibility index (Phi) is 2.06. The number of carboxylic acid groups (broad SMARTS) is 1. The van der Waals surface area contributed by atoms with Crippen LogP contribution in [0.25, 0.3) is 0 Å². The quantitative estimate of drug-likeness (QED) is 0.638. The zero-order valence-electron chi connectivity index (χ0n) is 5.82. The van der Waals surface area contributed by atoms with E-state index >= 15 is 0 Å². The molecular weight excluding hydrogens is 144 g/mol. The second-order valence-electron chi connectivity index (χ2n) is 2.12. The van der Waals surface area contributed by atoms with Crippen LogP contribution in [0.3, 0.4) is 0 Å². The van der Waals surface area contributed by atoms with Crippen molar-refractivity contribution >= 4 is 11.8 Å². The van der Waals surface area contributed by atoms with E-state index in [1.807, 2.05) is 0 Å². The van der Waals surface area contributed by atoms with Crippen LogP contribution in [0.5, 0.6) is 0 Å². The molecule has 0 aromatic carbocycles. The van der Waals surface area contributed by atoms with Gasteiger partial charge in [-0.15, -0.1) is 0 Å². The van der Waals surface area contributed by atoms with Crippen molar-refractivity contribution in [1.29, 1.82) is 0 Å². The fourth-order valence-electron chi connectivity index (χ4n) is 0.763. The highest BCUT2D eigenvalue weighted by Gasteiger charge is 2.03. The number of nitrogens with zero attached hydrogens (tertiary/aromatic N) is 1. The van der Waals surface area contributed by atoms with Crippen molar-refractivity contribution in [3.63, 3.8) is 0 Å². The van der Waals surface area contributed by atoms with Gasteiger partial charge in [0.2, 0.25) is 0 Å². The lowest BCUT2D eigenvalue weighted by molar-refractivity contribution is -0.136. The Bertz CT molecular complexity index is 273. The van der Waals surface area contributed by atoms with Crippen LogP contribution in [0, 0.1) is 0 Å². The molecule has 4 nitrogen and oxygen atoms in total. The van der Waals surface area contributed by atoms with Gasteiger partial charge in [-0.05, 0) is 6.07 Å². The molecule has 1 aromatic rings. The number of hydrogen-bond donors (Lipinski definition) is 2. The fourth-order valence-corrected chi connectivity index (χ4v) is 0.763. The van der Waals surface area contributed by atoms with Crippen LogP contribution in [0.1, 0.15) is 5.56 Å². The molecule has 0 amide bonds. The minimum atomic E-state index is -0.898. The largest absolute Gasteiger partial charge is 0.481 e. The van der Waals surface area contributed by atoms with Crippen LogP contribution in [-0.4, -0.2) is 16.1 Å². The van der Waals surface area contributed by atoms with Crippen molar-refractivity contribution in [3.8, 4) is 0 Å². The molecule has 11 heavy (non-hydrogen) atoms. The van der Waals surface area contributed by atoms with Crippen LogP contribution in [0.15, 0.2) is 18.3 Å². The van der Waals surface area contributed by atoms with Crippen LogP contribution < -0.4 is 5.73 Å². The monoisotopic (exact) mass is 152 g/mol. The Balaban J connectivity index is 2.86. The van der Waals surface area contributed by atoms with Gasteiger partial charge < -0.3 is 10.8 Å². The highest BCUT2D eigenvalue weighted by molar-refractivity contribution is 5.71. The Morgan fingerprint density at radius 2 is 2.45 bits per heavy atom. The summed E-state index contributed by atoms with van der Waals surface area (Å²) in [5.74, 6) is -0.611. The molecule has 0 unspecified atom stereocenters. The molecule has 0 aliphatic rings. The zero-order valence-corrected chi connectivity index (χ0v) is 5.82. The molecule has 1 rings (SSSR count). The molecule has 0 aliphatic carbocycles. The van der Waals surface area contributed by atoms with Gasteiger partial charge in [-0.3, -0.25) is 4.79 Å². The van der Waals surface area contributed by atoms with Gasteiger partial charge in [0.15, 0.2) is 0 Å². The standard InChI is InChI=1S/C7H8N2O2/c8-7-5(4-6(10)11)2-1-3-9-7/h1-3H,4H2,(H2,8,9)(H,10,11). The third-order valence-electron chi connectivity index (χ3n) is 1.27. The summed E-state index contributed by atoms with van der Waals surface area (Å²) in [6, 6.07) is 3.31. The Morgan fingerprint density at radius 1 is 1.73 bits per heavy atom. The first-order valence-electron chi connectivity index (χ1n) is 3.11. The number of pyridine rings is 1. The number of nitrogen functional groups attached to an aromatic ring is 1. The summed E-state index contributed by atoms with van der Waals surface area (Å²) in [7, 11) is 0. The van der Waals surface area contributed by atoms with E-state index in [0.29, 0.717) is 5.56 Å². The van der Waals surface area contributed by atoms with E-state index in [0.717, 1.165) is 0 Å². The van der Waals surface area contributed by atoms with Crippen LogP contribution >= 0.6 is 0 Å². The van der Waals surface area contributed by atoms with Gasteiger partial charge in [0.05, 0.1) is 6.42 Å². The van der Waals surface area contributed by atoms with Gasteiger partial charge in [-0.25, -0.2) is 4.98 Å². The molecule has 0 aliphatic heterocycles. The third-order valence-corrected chi connectivity index (χ3v) is 1.27. The number of hydrogen-bond acceptors (Lipinski definition) is 3. The number of aromatic nitrogens is 1. The van der Waals surface area contributed by atoms with Crippen LogP contribution in [0.4, 0.5) is 5.82 Å². The second kappa shape index (κ2) is 3.01. The molecule has 3 N–H and O–H groups in total. The first-order valence-corrected chi connectivity index (χ1v) is 3.11.